The van der Waals surface area contributed by atoms with Crippen LogP contribution in [0.1, 0.15) is 26.2 Å². The van der Waals surface area contributed by atoms with E-state index in [4.69, 9.17) is 5.73 Å². The lowest BCUT2D eigenvalue weighted by Crippen LogP contribution is -2.49. The molecular weight excluding hydrogens is 254 g/mol. The van der Waals surface area contributed by atoms with Gasteiger partial charge in [-0.2, -0.15) is 0 Å². The first-order valence-corrected chi connectivity index (χ1v) is 6.99. The van der Waals surface area contributed by atoms with Crippen molar-refractivity contribution in [3.63, 3.8) is 0 Å². The normalized spacial score (nSPS) is 27.5. The van der Waals surface area contributed by atoms with Gasteiger partial charge < -0.3 is 16.0 Å². The van der Waals surface area contributed by atoms with Crippen molar-refractivity contribution < 1.29 is 9.59 Å². The molecule has 2 aliphatic rings. The molecular formula is C15H19N3O2. The molecule has 3 N–H and O–H groups in total. The Hall–Kier alpha value is -1.88. The summed E-state index contributed by atoms with van der Waals surface area (Å²) in [6.07, 6.45) is 2.03. The number of hydrogen-bond donors (Lipinski definition) is 2. The van der Waals surface area contributed by atoms with Crippen LogP contribution >= 0.6 is 0 Å². The average Bonchev–Trinajstić information content (AvgIpc) is 3.12. The van der Waals surface area contributed by atoms with E-state index in [-0.39, 0.29) is 17.9 Å². The molecule has 0 bridgehead atoms. The van der Waals surface area contributed by atoms with E-state index in [1.807, 2.05) is 37.3 Å². The van der Waals surface area contributed by atoms with E-state index >= 15 is 0 Å². The van der Waals surface area contributed by atoms with Gasteiger partial charge in [0.15, 0.2) is 0 Å². The van der Waals surface area contributed by atoms with Crippen molar-refractivity contribution in [2.75, 3.05) is 4.90 Å². The minimum Gasteiger partial charge on any atom is -0.343 e. The van der Waals surface area contributed by atoms with Crippen LogP contribution in [-0.2, 0) is 9.59 Å². The smallest absolute Gasteiger partial charge is 0.249 e. The first kappa shape index (κ1) is 13.1. The van der Waals surface area contributed by atoms with Gasteiger partial charge in [0.1, 0.15) is 6.04 Å². The lowest BCUT2D eigenvalue weighted by molar-refractivity contribution is -0.127. The van der Waals surface area contributed by atoms with Crippen LogP contribution < -0.4 is 16.0 Å². The number of rotatable bonds is 3. The van der Waals surface area contributed by atoms with E-state index in [1.165, 1.54) is 0 Å². The Morgan fingerprint density at radius 1 is 1.35 bits per heavy atom. The highest BCUT2D eigenvalue weighted by Crippen LogP contribution is 2.33. The molecule has 2 fully saturated rings. The first-order valence-electron chi connectivity index (χ1n) is 6.99. The Kier molecular flexibility index (Phi) is 3.01. The third-order valence-electron chi connectivity index (χ3n) is 4.13. The monoisotopic (exact) mass is 273 g/mol. The zero-order valence-corrected chi connectivity index (χ0v) is 11.5. The van der Waals surface area contributed by atoms with Crippen molar-refractivity contribution in [2.45, 2.75) is 43.8 Å². The van der Waals surface area contributed by atoms with E-state index in [0.717, 1.165) is 5.69 Å². The quantitative estimate of drug-likeness (QED) is 0.855. The zero-order chi connectivity index (χ0) is 14.3. The predicted octanol–water partition coefficient (Wildman–Crippen LogP) is 0.788. The second-order valence-electron chi connectivity index (χ2n) is 5.81. The molecule has 5 nitrogen and oxygen atoms in total. The number of anilines is 1. The fourth-order valence-corrected chi connectivity index (χ4v) is 2.69. The SMILES string of the molecule is CC1CC(NC(=O)C2(N)CC2)C(=O)N1c1ccccc1. The molecule has 1 heterocycles. The molecule has 0 spiro atoms. The van der Waals surface area contributed by atoms with Gasteiger partial charge in [0.25, 0.3) is 0 Å². The lowest BCUT2D eigenvalue weighted by Gasteiger charge is -2.21. The summed E-state index contributed by atoms with van der Waals surface area (Å²) >= 11 is 0. The van der Waals surface area contributed by atoms with Crippen molar-refractivity contribution in [3.8, 4) is 0 Å². The summed E-state index contributed by atoms with van der Waals surface area (Å²) in [6, 6.07) is 9.15. The zero-order valence-electron chi connectivity index (χ0n) is 11.5. The van der Waals surface area contributed by atoms with Crippen LogP contribution in [0.2, 0.25) is 0 Å². The van der Waals surface area contributed by atoms with E-state index in [0.29, 0.717) is 19.3 Å². The summed E-state index contributed by atoms with van der Waals surface area (Å²) in [5, 5.41) is 2.81. The molecule has 0 radical (unpaired) electrons. The van der Waals surface area contributed by atoms with Crippen molar-refractivity contribution in [2.24, 2.45) is 5.73 Å². The fraction of sp³-hybridized carbons (Fsp3) is 0.467. The summed E-state index contributed by atoms with van der Waals surface area (Å²) in [5.74, 6) is -0.251. The van der Waals surface area contributed by atoms with Gasteiger partial charge in [-0.3, -0.25) is 9.59 Å². The summed E-state index contributed by atoms with van der Waals surface area (Å²) < 4.78 is 0. The van der Waals surface area contributed by atoms with E-state index < -0.39 is 11.6 Å². The predicted molar refractivity (Wildman–Crippen MR) is 76.1 cm³/mol. The van der Waals surface area contributed by atoms with Crippen molar-refractivity contribution in [1.82, 2.24) is 5.32 Å². The van der Waals surface area contributed by atoms with Crippen LogP contribution in [0.3, 0.4) is 0 Å². The number of nitrogens with one attached hydrogen (secondary N) is 1. The van der Waals surface area contributed by atoms with E-state index in [1.54, 1.807) is 4.90 Å². The van der Waals surface area contributed by atoms with Crippen LogP contribution in [0, 0.1) is 0 Å². The van der Waals surface area contributed by atoms with Crippen LogP contribution in [0.4, 0.5) is 5.69 Å². The van der Waals surface area contributed by atoms with Gasteiger partial charge in [-0.15, -0.1) is 0 Å². The molecule has 3 rings (SSSR count). The van der Waals surface area contributed by atoms with Crippen LogP contribution in [0.15, 0.2) is 30.3 Å². The molecule has 1 aliphatic carbocycles. The van der Waals surface area contributed by atoms with Gasteiger partial charge in [-0.1, -0.05) is 18.2 Å². The molecule has 20 heavy (non-hydrogen) atoms. The second kappa shape index (κ2) is 4.59. The molecule has 1 aromatic rings. The molecule has 2 amide bonds. The number of amides is 2. The Labute approximate surface area is 118 Å². The summed E-state index contributed by atoms with van der Waals surface area (Å²) in [5.41, 5.74) is 6.00. The number of nitrogens with two attached hydrogens (primary N) is 1. The third-order valence-corrected chi connectivity index (χ3v) is 4.13. The maximum Gasteiger partial charge on any atom is 0.249 e. The lowest BCUT2D eigenvalue weighted by atomic mass is 10.1. The minimum atomic E-state index is -0.732. The Balaban J connectivity index is 1.74. The molecule has 106 valence electrons. The van der Waals surface area contributed by atoms with Gasteiger partial charge in [0.05, 0.1) is 5.54 Å². The Morgan fingerprint density at radius 3 is 2.60 bits per heavy atom. The Bertz CT molecular complexity index is 539. The molecule has 2 unspecified atom stereocenters. The summed E-state index contributed by atoms with van der Waals surface area (Å²) in [4.78, 5) is 26.2. The number of para-hydroxylation sites is 1. The molecule has 1 saturated carbocycles. The van der Waals surface area contributed by atoms with E-state index in [9.17, 15) is 9.59 Å². The molecule has 1 saturated heterocycles. The third kappa shape index (κ3) is 2.18. The molecule has 2 atom stereocenters. The number of carbonyl (C=O) groups excluding carboxylic acids is 2. The van der Waals surface area contributed by atoms with Gasteiger partial charge in [0, 0.05) is 11.7 Å². The van der Waals surface area contributed by atoms with Gasteiger partial charge in [-0.05, 0) is 38.3 Å². The highest BCUT2D eigenvalue weighted by molar-refractivity contribution is 6.03. The number of benzene rings is 1. The standard InChI is InChI=1S/C15H19N3O2/c1-10-9-12(17-14(20)15(16)7-8-15)13(19)18(10)11-5-3-2-4-6-11/h2-6,10,12H,7-9,16H2,1H3,(H,17,20). The highest BCUT2D eigenvalue weighted by atomic mass is 16.2. The summed E-state index contributed by atoms with van der Waals surface area (Å²) in [7, 11) is 0. The molecule has 1 aliphatic heterocycles. The van der Waals surface area contributed by atoms with Crippen molar-refractivity contribution in [3.05, 3.63) is 30.3 Å². The van der Waals surface area contributed by atoms with Gasteiger partial charge in [0.2, 0.25) is 11.8 Å². The second-order valence-corrected chi connectivity index (χ2v) is 5.81. The molecule has 5 heteroatoms. The first-order chi connectivity index (χ1) is 9.51. The van der Waals surface area contributed by atoms with E-state index in [2.05, 4.69) is 5.32 Å². The Morgan fingerprint density at radius 2 is 2.00 bits per heavy atom. The van der Waals surface area contributed by atoms with Crippen molar-refractivity contribution in [1.29, 1.82) is 0 Å². The van der Waals surface area contributed by atoms with Gasteiger partial charge in [-0.25, -0.2) is 0 Å². The van der Waals surface area contributed by atoms with Gasteiger partial charge >= 0.3 is 0 Å². The summed E-state index contributed by atoms with van der Waals surface area (Å²) in [6.45, 7) is 1.99. The largest absolute Gasteiger partial charge is 0.343 e. The number of hydrogen-bond acceptors (Lipinski definition) is 3. The fourth-order valence-electron chi connectivity index (χ4n) is 2.69. The number of carbonyl (C=O) groups is 2. The maximum absolute atomic E-state index is 12.5. The van der Waals surface area contributed by atoms with Crippen LogP contribution in [-0.4, -0.2) is 29.4 Å². The molecule has 0 aromatic heterocycles. The average molecular weight is 273 g/mol. The highest BCUT2D eigenvalue weighted by Gasteiger charge is 2.48. The molecule has 1 aromatic carbocycles. The maximum atomic E-state index is 12.5. The van der Waals surface area contributed by atoms with Crippen molar-refractivity contribution >= 4 is 17.5 Å². The van der Waals surface area contributed by atoms with Crippen LogP contribution in [0.5, 0.6) is 0 Å². The minimum absolute atomic E-state index is 0.0544. The topological polar surface area (TPSA) is 75.4 Å². The number of nitrogens with zero attached hydrogens (tertiary/aromatic N) is 1. The van der Waals surface area contributed by atoms with Crippen LogP contribution in [0.25, 0.3) is 0 Å².